The average molecular weight is 691 g/mol. The highest BCUT2D eigenvalue weighted by atomic mass is 19.4. The minimum Gasteiger partial charge on any atom is -0.490 e. The maximum atomic E-state index is 14.4. The summed E-state index contributed by atoms with van der Waals surface area (Å²) in [7, 11) is 2.15. The first-order valence-electron chi connectivity index (χ1n) is 17.6. The Balaban J connectivity index is 1.55. The number of hydrogen-bond donors (Lipinski definition) is 3. The van der Waals surface area contributed by atoms with E-state index >= 15 is 0 Å². The number of carbonyl (C=O) groups is 2. The number of alkyl halides is 3. The Kier molecular flexibility index (Phi) is 14.2. The third-order valence-electron chi connectivity index (χ3n) is 9.57. The number of fused-ring (bicyclic) bond motifs is 1. The summed E-state index contributed by atoms with van der Waals surface area (Å²) in [6, 6.07) is 7.72. The van der Waals surface area contributed by atoms with Crippen LogP contribution in [0.15, 0.2) is 42.5 Å². The number of nitrogens with one attached hydrogen (secondary N) is 2. The van der Waals surface area contributed by atoms with Gasteiger partial charge in [0.05, 0.1) is 36.0 Å². The molecule has 3 amide bonds. The summed E-state index contributed by atoms with van der Waals surface area (Å²) in [6.07, 6.45) is 4.13. The Morgan fingerprint density at radius 2 is 1.63 bits per heavy atom. The van der Waals surface area contributed by atoms with Crippen LogP contribution in [0.4, 0.5) is 29.3 Å². The molecule has 0 unspecified atom stereocenters. The number of anilines is 2. The molecule has 1 heterocycles. The van der Waals surface area contributed by atoms with Crippen molar-refractivity contribution in [2.24, 2.45) is 11.8 Å². The lowest BCUT2D eigenvalue weighted by molar-refractivity contribution is -0.137. The number of aliphatic hydroxyl groups excluding tert-OH is 1. The van der Waals surface area contributed by atoms with Gasteiger partial charge in [-0.15, -0.1) is 0 Å². The molecular weight excluding hydrogens is 637 g/mol. The van der Waals surface area contributed by atoms with Gasteiger partial charge in [0.2, 0.25) is 0 Å². The third-order valence-corrected chi connectivity index (χ3v) is 9.57. The van der Waals surface area contributed by atoms with Crippen molar-refractivity contribution in [2.45, 2.75) is 96.6 Å². The lowest BCUT2D eigenvalue weighted by atomic mass is 9.89. The summed E-state index contributed by atoms with van der Waals surface area (Å²) in [5.41, 5.74) is -0.118. The Morgan fingerprint density at radius 1 is 0.980 bits per heavy atom. The summed E-state index contributed by atoms with van der Waals surface area (Å²) < 4.78 is 51.6. The molecule has 2 aliphatic rings. The van der Waals surface area contributed by atoms with Crippen LogP contribution in [-0.2, 0) is 10.9 Å². The molecule has 2 aromatic carbocycles. The minimum absolute atomic E-state index is 0.0474. The highest BCUT2D eigenvalue weighted by Gasteiger charge is 2.32. The first kappa shape index (κ1) is 38.5. The topological polar surface area (TPSA) is 103 Å². The van der Waals surface area contributed by atoms with Crippen molar-refractivity contribution in [3.8, 4) is 5.75 Å². The molecule has 0 spiro atoms. The van der Waals surface area contributed by atoms with Crippen molar-refractivity contribution in [1.29, 1.82) is 0 Å². The molecule has 0 saturated heterocycles. The molecule has 1 aliphatic carbocycles. The van der Waals surface area contributed by atoms with E-state index in [2.05, 4.69) is 29.5 Å². The monoisotopic (exact) mass is 690 g/mol. The van der Waals surface area contributed by atoms with Crippen LogP contribution in [0, 0.1) is 11.8 Å². The van der Waals surface area contributed by atoms with Crippen LogP contribution < -0.4 is 15.4 Å². The average Bonchev–Trinajstić information content (AvgIpc) is 3.06. The van der Waals surface area contributed by atoms with Gasteiger partial charge in [-0.3, -0.25) is 4.79 Å². The Bertz CT molecular complexity index is 1350. The van der Waals surface area contributed by atoms with E-state index in [0.717, 1.165) is 44.5 Å². The first-order chi connectivity index (χ1) is 23.3. The van der Waals surface area contributed by atoms with Gasteiger partial charge in [0, 0.05) is 43.5 Å². The smallest absolute Gasteiger partial charge is 0.416 e. The SMILES string of the molecule is C[C@@H]1CCCCO[C@H](CN(C)CC2CCCCC2)[C@@H](C)CN([C@H](C)CO)C(=O)c2cc(NC(=O)Nc3ccc(C(F)(F)F)cc3)ccc2O1. The summed E-state index contributed by atoms with van der Waals surface area (Å²) in [5, 5.41) is 15.4. The molecule has 12 heteroatoms. The largest absolute Gasteiger partial charge is 0.490 e. The number of likely N-dealkylation sites (N-methyl/N-ethyl adjacent to an activating group) is 1. The van der Waals surface area contributed by atoms with Crippen molar-refractivity contribution < 1.29 is 37.3 Å². The second-order valence-electron chi connectivity index (χ2n) is 13.9. The number of hydrogen-bond acceptors (Lipinski definition) is 6. The lowest BCUT2D eigenvalue weighted by Gasteiger charge is -2.36. The van der Waals surface area contributed by atoms with E-state index in [1.54, 1.807) is 24.0 Å². The second-order valence-corrected chi connectivity index (χ2v) is 13.9. The van der Waals surface area contributed by atoms with Gasteiger partial charge in [0.15, 0.2) is 0 Å². The molecule has 0 bridgehead atoms. The van der Waals surface area contributed by atoms with Crippen LogP contribution in [0.1, 0.15) is 88.1 Å². The van der Waals surface area contributed by atoms with Crippen molar-refractivity contribution in [3.05, 3.63) is 53.6 Å². The summed E-state index contributed by atoms with van der Waals surface area (Å²) in [5.74, 6) is 0.659. The number of benzene rings is 2. The van der Waals surface area contributed by atoms with Gasteiger partial charge < -0.3 is 35.0 Å². The number of rotatable bonds is 8. The third kappa shape index (κ3) is 11.6. The van der Waals surface area contributed by atoms with Gasteiger partial charge in [-0.2, -0.15) is 13.2 Å². The zero-order valence-corrected chi connectivity index (χ0v) is 29.2. The van der Waals surface area contributed by atoms with E-state index in [9.17, 15) is 27.9 Å². The van der Waals surface area contributed by atoms with E-state index in [4.69, 9.17) is 9.47 Å². The van der Waals surface area contributed by atoms with Crippen molar-refractivity contribution in [1.82, 2.24) is 9.80 Å². The molecule has 4 rings (SSSR count). The zero-order valence-electron chi connectivity index (χ0n) is 29.2. The molecule has 272 valence electrons. The molecule has 2 aromatic rings. The fraction of sp³-hybridized carbons (Fsp3) is 0.622. The summed E-state index contributed by atoms with van der Waals surface area (Å²) in [4.78, 5) is 31.2. The molecule has 3 N–H and O–H groups in total. The van der Waals surface area contributed by atoms with E-state index in [1.807, 2.05) is 6.92 Å². The van der Waals surface area contributed by atoms with Crippen LogP contribution in [0.3, 0.4) is 0 Å². The quantitative estimate of drug-likeness (QED) is 0.263. The van der Waals surface area contributed by atoms with Gasteiger partial charge in [0.25, 0.3) is 5.91 Å². The lowest BCUT2D eigenvalue weighted by Crippen LogP contribution is -2.47. The molecule has 1 saturated carbocycles. The predicted molar refractivity (Wildman–Crippen MR) is 185 cm³/mol. The first-order valence-corrected chi connectivity index (χ1v) is 17.6. The molecule has 1 fully saturated rings. The van der Waals surface area contributed by atoms with Crippen molar-refractivity contribution >= 4 is 23.3 Å². The van der Waals surface area contributed by atoms with E-state index in [0.29, 0.717) is 30.5 Å². The fourth-order valence-electron chi connectivity index (χ4n) is 6.69. The predicted octanol–water partition coefficient (Wildman–Crippen LogP) is 7.66. The second kappa shape index (κ2) is 18.1. The van der Waals surface area contributed by atoms with E-state index in [-0.39, 0.29) is 41.9 Å². The molecule has 4 atom stereocenters. The van der Waals surface area contributed by atoms with Gasteiger partial charge in [-0.05, 0) is 101 Å². The van der Waals surface area contributed by atoms with Crippen LogP contribution in [0.25, 0.3) is 0 Å². The Hall–Kier alpha value is -3.35. The van der Waals surface area contributed by atoms with Gasteiger partial charge in [-0.25, -0.2) is 4.79 Å². The van der Waals surface area contributed by atoms with Crippen LogP contribution in [0.2, 0.25) is 0 Å². The Morgan fingerprint density at radius 3 is 2.31 bits per heavy atom. The fourth-order valence-corrected chi connectivity index (χ4v) is 6.69. The number of amides is 3. The molecule has 49 heavy (non-hydrogen) atoms. The zero-order chi connectivity index (χ0) is 35.6. The normalized spacial score (nSPS) is 22.5. The van der Waals surface area contributed by atoms with Crippen molar-refractivity contribution in [2.75, 3.05) is 50.5 Å². The van der Waals surface area contributed by atoms with Crippen LogP contribution >= 0.6 is 0 Å². The standard InChI is InChI=1S/C37H53F3N4O5/c1-25-21-44(26(2)24-45)35(46)32-20-31(42-36(47)41-30-15-13-29(14-16-30)37(38,39)40)17-18-33(32)49-27(3)10-8-9-19-48-34(25)23-43(4)22-28-11-6-5-7-12-28/h13-18,20,25-28,34,45H,5-12,19,21-24H2,1-4H3,(H2,41,42,47)/t25-,26+,27+,34+/m0/s1. The van der Waals surface area contributed by atoms with Gasteiger partial charge in [0.1, 0.15) is 5.75 Å². The van der Waals surface area contributed by atoms with Gasteiger partial charge >= 0.3 is 12.2 Å². The van der Waals surface area contributed by atoms with Gasteiger partial charge in [-0.1, -0.05) is 26.2 Å². The number of ether oxygens (including phenoxy) is 2. The highest BCUT2D eigenvalue weighted by molar-refractivity contribution is 6.02. The molecule has 9 nitrogen and oxygen atoms in total. The maximum absolute atomic E-state index is 14.4. The van der Waals surface area contributed by atoms with Crippen LogP contribution in [0.5, 0.6) is 5.75 Å². The molecule has 1 aliphatic heterocycles. The van der Waals surface area contributed by atoms with Crippen molar-refractivity contribution in [3.63, 3.8) is 0 Å². The number of aliphatic hydroxyl groups is 1. The van der Waals surface area contributed by atoms with E-state index < -0.39 is 23.8 Å². The summed E-state index contributed by atoms with van der Waals surface area (Å²) >= 11 is 0. The highest BCUT2D eigenvalue weighted by Crippen LogP contribution is 2.31. The van der Waals surface area contributed by atoms with Crippen LogP contribution in [-0.4, -0.2) is 85.0 Å². The molecule has 0 aromatic heterocycles. The summed E-state index contributed by atoms with van der Waals surface area (Å²) in [6.45, 7) is 8.29. The molecule has 0 radical (unpaired) electrons. The number of halogens is 3. The maximum Gasteiger partial charge on any atom is 0.416 e. The Labute approximate surface area is 288 Å². The molecular formula is C37H53F3N4O5. The number of nitrogens with zero attached hydrogens (tertiary/aromatic N) is 2. The number of carbonyl (C=O) groups excluding carboxylic acids is 2. The minimum atomic E-state index is -4.49. The van der Waals surface area contributed by atoms with E-state index in [1.165, 1.54) is 50.3 Å². The number of urea groups is 1.